The Morgan fingerprint density at radius 1 is 1.07 bits per heavy atom. The summed E-state index contributed by atoms with van der Waals surface area (Å²) in [6.45, 7) is 5.35. The molecule has 11 heteroatoms. The fourth-order valence-electron chi connectivity index (χ4n) is 6.32. The summed E-state index contributed by atoms with van der Waals surface area (Å²) in [5.74, 6) is 1.05. The van der Waals surface area contributed by atoms with E-state index in [9.17, 15) is 14.4 Å². The van der Waals surface area contributed by atoms with E-state index in [0.29, 0.717) is 45.2 Å². The van der Waals surface area contributed by atoms with Crippen molar-refractivity contribution in [2.24, 2.45) is 5.41 Å². The molecule has 3 aliphatic rings. The Balaban J connectivity index is 1.17. The zero-order valence-electron chi connectivity index (χ0n) is 23.6. The Labute approximate surface area is 251 Å². The number of nitrogens with one attached hydrogen (secondary N) is 1. The molecule has 0 radical (unpaired) electrons. The summed E-state index contributed by atoms with van der Waals surface area (Å²) in [5, 5.41) is 8.27. The first-order valence-electron chi connectivity index (χ1n) is 14.2. The molecule has 0 bridgehead atoms. The van der Waals surface area contributed by atoms with Gasteiger partial charge in [0, 0.05) is 36.3 Å². The van der Waals surface area contributed by atoms with Crippen LogP contribution >= 0.6 is 15.9 Å². The Morgan fingerprint density at radius 3 is 2.55 bits per heavy atom. The van der Waals surface area contributed by atoms with Crippen molar-refractivity contribution in [1.29, 1.82) is 0 Å². The second-order valence-corrected chi connectivity index (χ2v) is 12.9. The molecule has 1 aliphatic heterocycles. The van der Waals surface area contributed by atoms with Crippen LogP contribution in [0.4, 0.5) is 5.82 Å². The van der Waals surface area contributed by atoms with E-state index < -0.39 is 6.04 Å². The summed E-state index contributed by atoms with van der Waals surface area (Å²) < 4.78 is 2.24. The van der Waals surface area contributed by atoms with Crippen LogP contribution in [-0.4, -0.2) is 59.3 Å². The van der Waals surface area contributed by atoms with Crippen LogP contribution in [0, 0.1) is 12.3 Å². The van der Waals surface area contributed by atoms with Crippen LogP contribution in [0.1, 0.15) is 67.3 Å². The number of halogens is 1. The van der Waals surface area contributed by atoms with Gasteiger partial charge in [0.15, 0.2) is 5.78 Å². The summed E-state index contributed by atoms with van der Waals surface area (Å²) in [6.07, 6.45) is 7.12. The fraction of sp³-hybridized carbons (Fsp3) is 0.387. The number of carbonyl (C=O) groups is 3. The maximum Gasteiger partial charge on any atom is 0.248 e. The molecule has 1 saturated heterocycles. The van der Waals surface area contributed by atoms with E-state index >= 15 is 0 Å². The lowest BCUT2D eigenvalue weighted by Crippen LogP contribution is -2.47. The number of pyridine rings is 1. The van der Waals surface area contributed by atoms with Gasteiger partial charge in [-0.3, -0.25) is 19.1 Å². The lowest BCUT2D eigenvalue weighted by Gasteiger charge is -2.27. The fourth-order valence-corrected chi connectivity index (χ4v) is 6.63. The molecule has 2 saturated carbocycles. The molecule has 2 amide bonds. The molecule has 3 fully saturated rings. The number of hydrogen-bond acceptors (Lipinski definition) is 7. The van der Waals surface area contributed by atoms with E-state index in [1.807, 2.05) is 37.3 Å². The summed E-state index contributed by atoms with van der Waals surface area (Å²) in [5.41, 5.74) is 3.61. The predicted octanol–water partition coefficient (Wildman–Crippen LogP) is 5.06. The maximum absolute atomic E-state index is 13.9. The zero-order chi connectivity index (χ0) is 29.3. The topological polar surface area (TPSA) is 123 Å². The molecular weight excluding hydrogens is 598 g/mol. The molecular formula is C31H30BrN7O3. The standard InChI is InChI=1S/C31H30BrN7O3/c1-16(40)28-22-10-19(20-13-33-17(2)34-14-20)6-8-23(22)38(37-28)15-27(41)39-24(11-31(3)12-25(31)39)30(42)36-29-21(18-4-5-18)7-9-26(32)35-29/h6-10,13-14,18,24-25H,4-5,11-12,15H2,1-3H3,(H,35,36,42)/t24-,25+,31-/m0/s1. The van der Waals surface area contributed by atoms with Crippen molar-refractivity contribution >= 4 is 50.2 Å². The van der Waals surface area contributed by atoms with E-state index in [0.717, 1.165) is 36.0 Å². The van der Waals surface area contributed by atoms with Crippen LogP contribution in [0.5, 0.6) is 0 Å². The van der Waals surface area contributed by atoms with Crippen LogP contribution in [0.25, 0.3) is 22.0 Å². The number of aromatic nitrogens is 5. The van der Waals surface area contributed by atoms with Crippen LogP contribution in [-0.2, 0) is 16.1 Å². The highest BCUT2D eigenvalue weighted by atomic mass is 79.9. The number of rotatable bonds is 7. The number of aryl methyl sites for hydroxylation is 1. The Hall–Kier alpha value is -3.99. The molecule has 3 atom stereocenters. The Morgan fingerprint density at radius 2 is 1.83 bits per heavy atom. The van der Waals surface area contributed by atoms with Gasteiger partial charge in [-0.2, -0.15) is 5.10 Å². The highest BCUT2D eigenvalue weighted by Crippen LogP contribution is 2.59. The minimum Gasteiger partial charge on any atom is -0.325 e. The molecule has 7 rings (SSSR count). The second kappa shape index (κ2) is 9.79. The normalized spacial score (nSPS) is 22.7. The van der Waals surface area contributed by atoms with Crippen molar-refractivity contribution in [2.45, 2.75) is 71.0 Å². The number of hydrogen-bond donors (Lipinski definition) is 1. The van der Waals surface area contributed by atoms with Gasteiger partial charge < -0.3 is 10.2 Å². The first kappa shape index (κ1) is 26.9. The number of carbonyl (C=O) groups excluding carboxylic acids is 3. The minimum absolute atomic E-state index is 0.00126. The quantitative estimate of drug-likeness (QED) is 0.224. The SMILES string of the molecule is CC(=O)c1nn(CC(=O)N2[C@H](C(=O)Nc3nc(Br)ccc3C3CC3)C[C@@]3(C)C[C@@H]23)c2ccc(-c3cnc(C)nc3)cc12. The van der Waals surface area contributed by atoms with Gasteiger partial charge in [0.2, 0.25) is 11.8 Å². The zero-order valence-corrected chi connectivity index (χ0v) is 25.2. The molecule has 0 unspecified atom stereocenters. The molecule has 1 aromatic carbocycles. The summed E-state index contributed by atoms with van der Waals surface area (Å²) in [7, 11) is 0. The number of anilines is 1. The number of ketones is 1. The van der Waals surface area contributed by atoms with E-state index in [-0.39, 0.29) is 35.6 Å². The van der Waals surface area contributed by atoms with Gasteiger partial charge in [-0.25, -0.2) is 15.0 Å². The smallest absolute Gasteiger partial charge is 0.248 e. The maximum atomic E-state index is 13.9. The number of amides is 2. The van der Waals surface area contributed by atoms with Crippen molar-refractivity contribution in [3.63, 3.8) is 0 Å². The Bertz CT molecular complexity index is 1780. The number of likely N-dealkylation sites (tertiary alicyclic amines) is 1. The lowest BCUT2D eigenvalue weighted by molar-refractivity contribution is -0.138. The van der Waals surface area contributed by atoms with Crippen molar-refractivity contribution in [3.8, 4) is 11.1 Å². The molecule has 4 heterocycles. The van der Waals surface area contributed by atoms with Crippen molar-refractivity contribution < 1.29 is 14.4 Å². The highest BCUT2D eigenvalue weighted by Gasteiger charge is 2.64. The van der Waals surface area contributed by atoms with E-state index in [2.05, 4.69) is 48.2 Å². The highest BCUT2D eigenvalue weighted by molar-refractivity contribution is 9.10. The van der Waals surface area contributed by atoms with E-state index in [1.54, 1.807) is 22.0 Å². The molecule has 2 aliphatic carbocycles. The number of fused-ring (bicyclic) bond motifs is 2. The van der Waals surface area contributed by atoms with Crippen LogP contribution in [0.3, 0.4) is 0 Å². The van der Waals surface area contributed by atoms with Gasteiger partial charge in [0.05, 0.1) is 5.52 Å². The summed E-state index contributed by atoms with van der Waals surface area (Å²) in [4.78, 5) is 55.0. The summed E-state index contributed by atoms with van der Waals surface area (Å²) in [6, 6.07) is 8.97. The van der Waals surface area contributed by atoms with Crippen molar-refractivity contribution in [1.82, 2.24) is 29.6 Å². The largest absolute Gasteiger partial charge is 0.325 e. The number of Topliss-reactive ketones (excluding diaryl/α,β-unsaturated/α-hetero) is 1. The minimum atomic E-state index is -0.601. The average Bonchev–Trinajstić information content (AvgIpc) is 3.85. The second-order valence-electron chi connectivity index (χ2n) is 12.0. The number of nitrogens with zero attached hydrogens (tertiary/aromatic N) is 6. The van der Waals surface area contributed by atoms with Gasteiger partial charge in [0.25, 0.3) is 0 Å². The number of benzene rings is 1. The van der Waals surface area contributed by atoms with Gasteiger partial charge in [-0.15, -0.1) is 0 Å². The lowest BCUT2D eigenvalue weighted by atomic mass is 10.0. The summed E-state index contributed by atoms with van der Waals surface area (Å²) >= 11 is 3.42. The van der Waals surface area contributed by atoms with Gasteiger partial charge in [-0.05, 0) is 89.2 Å². The number of piperidine rings is 1. The predicted molar refractivity (Wildman–Crippen MR) is 160 cm³/mol. The molecule has 10 nitrogen and oxygen atoms in total. The first-order valence-corrected chi connectivity index (χ1v) is 15.0. The third-order valence-corrected chi connectivity index (χ3v) is 9.30. The van der Waals surface area contributed by atoms with Crippen LogP contribution in [0.2, 0.25) is 0 Å². The van der Waals surface area contributed by atoms with Crippen LogP contribution < -0.4 is 5.32 Å². The van der Waals surface area contributed by atoms with Crippen molar-refractivity contribution in [3.05, 3.63) is 64.4 Å². The molecule has 1 N–H and O–H groups in total. The third kappa shape index (κ3) is 4.69. The van der Waals surface area contributed by atoms with Gasteiger partial charge >= 0.3 is 0 Å². The Kier molecular flexibility index (Phi) is 6.27. The molecule has 4 aromatic rings. The average molecular weight is 629 g/mol. The molecule has 42 heavy (non-hydrogen) atoms. The van der Waals surface area contributed by atoms with Crippen molar-refractivity contribution in [2.75, 3.05) is 5.32 Å². The van der Waals surface area contributed by atoms with Gasteiger partial charge in [-0.1, -0.05) is 19.1 Å². The van der Waals surface area contributed by atoms with E-state index in [1.165, 1.54) is 6.92 Å². The van der Waals surface area contributed by atoms with E-state index in [4.69, 9.17) is 0 Å². The third-order valence-electron chi connectivity index (χ3n) is 8.86. The van der Waals surface area contributed by atoms with Crippen LogP contribution in [0.15, 0.2) is 47.3 Å². The molecule has 3 aromatic heterocycles. The first-order chi connectivity index (χ1) is 20.1. The molecule has 0 spiro atoms. The monoisotopic (exact) mass is 627 g/mol. The molecule has 214 valence electrons. The van der Waals surface area contributed by atoms with Gasteiger partial charge in [0.1, 0.15) is 34.5 Å².